The normalized spacial score (nSPS) is 20.9. The standard InChI is InChI=1S/C14H24N4O2S/c1-4-6-15-13-8-11(2)16-14(17-13)9-18(3)12-5-7-21(19,20)10-12/h8,12H,4-7,9-10H2,1-3H3,(H,15,16,17). The van der Waals surface area contributed by atoms with Crippen LogP contribution in [0.25, 0.3) is 0 Å². The Hall–Kier alpha value is -1.21. The number of sulfone groups is 1. The van der Waals surface area contributed by atoms with Gasteiger partial charge in [-0.1, -0.05) is 6.92 Å². The molecule has 1 unspecified atom stereocenters. The van der Waals surface area contributed by atoms with Gasteiger partial charge in [-0.3, -0.25) is 4.90 Å². The third-order valence-electron chi connectivity index (χ3n) is 3.68. The van der Waals surface area contributed by atoms with E-state index in [-0.39, 0.29) is 11.8 Å². The van der Waals surface area contributed by atoms with Crippen molar-refractivity contribution in [3.05, 3.63) is 17.6 Å². The molecule has 0 bridgehead atoms. The van der Waals surface area contributed by atoms with Gasteiger partial charge in [-0.25, -0.2) is 18.4 Å². The second-order valence-corrected chi connectivity index (χ2v) is 7.94. The van der Waals surface area contributed by atoms with Crippen molar-refractivity contribution in [1.29, 1.82) is 0 Å². The highest BCUT2D eigenvalue weighted by atomic mass is 32.2. The second-order valence-electron chi connectivity index (χ2n) is 5.71. The molecule has 1 fully saturated rings. The number of nitrogens with zero attached hydrogens (tertiary/aromatic N) is 3. The van der Waals surface area contributed by atoms with E-state index in [1.54, 1.807) is 0 Å². The number of aryl methyl sites for hydroxylation is 1. The molecule has 2 heterocycles. The molecule has 1 N–H and O–H groups in total. The molecule has 0 radical (unpaired) electrons. The quantitative estimate of drug-likeness (QED) is 0.851. The van der Waals surface area contributed by atoms with Crippen molar-refractivity contribution in [1.82, 2.24) is 14.9 Å². The molecule has 7 heteroatoms. The zero-order valence-electron chi connectivity index (χ0n) is 13.0. The minimum atomic E-state index is -2.86. The highest BCUT2D eigenvalue weighted by Crippen LogP contribution is 2.18. The van der Waals surface area contributed by atoms with Crippen LogP contribution in [0.3, 0.4) is 0 Å². The predicted octanol–water partition coefficient (Wildman–Crippen LogP) is 1.23. The molecule has 1 saturated heterocycles. The Balaban J connectivity index is 2.03. The van der Waals surface area contributed by atoms with Gasteiger partial charge in [0.25, 0.3) is 0 Å². The zero-order chi connectivity index (χ0) is 15.5. The molecule has 6 nitrogen and oxygen atoms in total. The van der Waals surface area contributed by atoms with Crippen LogP contribution in [-0.2, 0) is 16.4 Å². The molecule has 0 spiro atoms. The smallest absolute Gasteiger partial charge is 0.151 e. The molecule has 0 saturated carbocycles. The average Bonchev–Trinajstić information content (AvgIpc) is 2.76. The van der Waals surface area contributed by atoms with Gasteiger partial charge in [0.1, 0.15) is 11.6 Å². The van der Waals surface area contributed by atoms with Gasteiger partial charge in [0, 0.05) is 24.3 Å². The van der Waals surface area contributed by atoms with E-state index in [1.807, 2.05) is 24.9 Å². The van der Waals surface area contributed by atoms with Gasteiger partial charge in [0.2, 0.25) is 0 Å². The topological polar surface area (TPSA) is 75.2 Å². The molecule has 1 atom stereocenters. The molecule has 1 aliphatic rings. The first kappa shape index (κ1) is 16.2. The molecule has 0 aromatic carbocycles. The Bertz CT molecular complexity index is 589. The van der Waals surface area contributed by atoms with Crippen molar-refractivity contribution in [2.75, 3.05) is 30.4 Å². The predicted molar refractivity (Wildman–Crippen MR) is 84.1 cm³/mol. The summed E-state index contributed by atoms with van der Waals surface area (Å²) < 4.78 is 23.1. The second kappa shape index (κ2) is 6.70. The number of hydrogen-bond acceptors (Lipinski definition) is 6. The Kier molecular flexibility index (Phi) is 5.16. The monoisotopic (exact) mass is 312 g/mol. The fourth-order valence-electron chi connectivity index (χ4n) is 2.52. The number of rotatable bonds is 6. The fourth-order valence-corrected chi connectivity index (χ4v) is 4.32. The molecule has 0 aliphatic carbocycles. The molecule has 1 aromatic heterocycles. The molecular weight excluding hydrogens is 288 g/mol. The molecule has 0 amide bonds. The van der Waals surface area contributed by atoms with Crippen molar-refractivity contribution in [3.63, 3.8) is 0 Å². The lowest BCUT2D eigenvalue weighted by molar-refractivity contribution is 0.248. The van der Waals surface area contributed by atoms with E-state index in [9.17, 15) is 8.42 Å². The zero-order valence-corrected chi connectivity index (χ0v) is 13.8. The van der Waals surface area contributed by atoms with Gasteiger partial charge in [-0.15, -0.1) is 0 Å². The Morgan fingerprint density at radius 3 is 2.81 bits per heavy atom. The first-order chi connectivity index (χ1) is 9.89. The molecule has 118 valence electrons. The van der Waals surface area contributed by atoms with Crippen LogP contribution in [0.4, 0.5) is 5.82 Å². The van der Waals surface area contributed by atoms with E-state index in [2.05, 4.69) is 22.2 Å². The van der Waals surface area contributed by atoms with Gasteiger partial charge >= 0.3 is 0 Å². The van der Waals surface area contributed by atoms with Crippen LogP contribution in [0, 0.1) is 6.92 Å². The lowest BCUT2D eigenvalue weighted by Gasteiger charge is -2.22. The van der Waals surface area contributed by atoms with Crippen LogP contribution in [-0.4, -0.2) is 54.4 Å². The van der Waals surface area contributed by atoms with E-state index in [1.165, 1.54) is 0 Å². The first-order valence-electron chi connectivity index (χ1n) is 7.38. The summed E-state index contributed by atoms with van der Waals surface area (Å²) in [5.41, 5.74) is 0.922. The third-order valence-corrected chi connectivity index (χ3v) is 5.43. The van der Waals surface area contributed by atoms with Gasteiger partial charge in [-0.05, 0) is 26.8 Å². The summed E-state index contributed by atoms with van der Waals surface area (Å²) in [7, 11) is -0.915. The van der Waals surface area contributed by atoms with Crippen LogP contribution >= 0.6 is 0 Å². The van der Waals surface area contributed by atoms with Crippen LogP contribution < -0.4 is 5.32 Å². The number of hydrogen-bond donors (Lipinski definition) is 1. The van der Waals surface area contributed by atoms with E-state index < -0.39 is 9.84 Å². The lowest BCUT2D eigenvalue weighted by Crippen LogP contribution is -2.32. The summed E-state index contributed by atoms with van der Waals surface area (Å²) in [6, 6.07) is 2.00. The maximum Gasteiger partial charge on any atom is 0.151 e. The summed E-state index contributed by atoms with van der Waals surface area (Å²) in [6.07, 6.45) is 1.74. The molecule has 2 rings (SSSR count). The van der Waals surface area contributed by atoms with Gasteiger partial charge in [0.15, 0.2) is 9.84 Å². The maximum absolute atomic E-state index is 11.6. The molecular formula is C14H24N4O2S. The van der Waals surface area contributed by atoms with Gasteiger partial charge < -0.3 is 5.32 Å². The van der Waals surface area contributed by atoms with Crippen molar-refractivity contribution >= 4 is 15.7 Å². The molecule has 1 aliphatic heterocycles. The van der Waals surface area contributed by atoms with E-state index in [0.717, 1.165) is 30.3 Å². The van der Waals surface area contributed by atoms with Crippen LogP contribution in [0.5, 0.6) is 0 Å². The molecule has 1 aromatic rings. The summed E-state index contributed by atoms with van der Waals surface area (Å²) in [6.45, 7) is 5.51. The van der Waals surface area contributed by atoms with E-state index >= 15 is 0 Å². The number of aromatic nitrogens is 2. The van der Waals surface area contributed by atoms with Crippen molar-refractivity contribution < 1.29 is 8.42 Å². The van der Waals surface area contributed by atoms with Crippen LogP contribution in [0.15, 0.2) is 6.07 Å². The first-order valence-corrected chi connectivity index (χ1v) is 9.21. The van der Waals surface area contributed by atoms with Gasteiger partial charge in [0.05, 0.1) is 18.1 Å². The Labute approximate surface area is 126 Å². The fraction of sp³-hybridized carbons (Fsp3) is 0.714. The van der Waals surface area contributed by atoms with Gasteiger partial charge in [-0.2, -0.15) is 0 Å². The van der Waals surface area contributed by atoms with Crippen LogP contribution in [0.2, 0.25) is 0 Å². The summed E-state index contributed by atoms with van der Waals surface area (Å²) >= 11 is 0. The van der Waals surface area contributed by atoms with Crippen molar-refractivity contribution in [2.45, 2.75) is 39.3 Å². The minimum absolute atomic E-state index is 0.0752. The number of nitrogens with one attached hydrogen (secondary N) is 1. The average molecular weight is 312 g/mol. The number of anilines is 1. The SMILES string of the molecule is CCCNc1cc(C)nc(CN(C)C2CCS(=O)(=O)C2)n1. The summed E-state index contributed by atoms with van der Waals surface area (Å²) in [4.78, 5) is 11.0. The highest BCUT2D eigenvalue weighted by Gasteiger charge is 2.30. The third kappa shape index (κ3) is 4.64. The largest absolute Gasteiger partial charge is 0.370 e. The Morgan fingerprint density at radius 2 is 2.19 bits per heavy atom. The lowest BCUT2D eigenvalue weighted by atomic mass is 10.2. The van der Waals surface area contributed by atoms with E-state index in [0.29, 0.717) is 18.7 Å². The molecule has 21 heavy (non-hydrogen) atoms. The maximum atomic E-state index is 11.6. The Morgan fingerprint density at radius 1 is 1.43 bits per heavy atom. The highest BCUT2D eigenvalue weighted by molar-refractivity contribution is 7.91. The van der Waals surface area contributed by atoms with Crippen LogP contribution in [0.1, 0.15) is 31.3 Å². The summed E-state index contributed by atoms with van der Waals surface area (Å²) in [5.74, 6) is 2.11. The van der Waals surface area contributed by atoms with Crippen molar-refractivity contribution in [2.24, 2.45) is 0 Å². The minimum Gasteiger partial charge on any atom is -0.370 e. The van der Waals surface area contributed by atoms with Crippen molar-refractivity contribution in [3.8, 4) is 0 Å². The summed E-state index contributed by atoms with van der Waals surface area (Å²) in [5, 5.41) is 3.27. The van der Waals surface area contributed by atoms with E-state index in [4.69, 9.17) is 0 Å².